The molecular weight excluding hydrogens is 264 g/mol. The summed E-state index contributed by atoms with van der Waals surface area (Å²) in [6.07, 6.45) is 0.271. The Morgan fingerprint density at radius 1 is 0.600 bits per heavy atom. The Balaban J connectivity index is 4.21. The summed E-state index contributed by atoms with van der Waals surface area (Å²) in [4.78, 5) is 66.2. The van der Waals surface area contributed by atoms with Gasteiger partial charge in [0.1, 0.15) is 23.1 Å². The van der Waals surface area contributed by atoms with Crippen LogP contribution in [-0.2, 0) is 28.8 Å². The van der Waals surface area contributed by atoms with Gasteiger partial charge in [-0.3, -0.25) is 28.8 Å². The van der Waals surface area contributed by atoms with E-state index in [0.29, 0.717) is 0 Å². The van der Waals surface area contributed by atoms with E-state index >= 15 is 0 Å². The summed E-state index contributed by atoms with van der Waals surface area (Å²) in [7, 11) is 0. The van der Waals surface area contributed by atoms with Gasteiger partial charge >= 0.3 is 0 Å². The minimum atomic E-state index is -0.608. The number of hydrogen-bond donors (Lipinski definition) is 0. The van der Waals surface area contributed by atoms with Gasteiger partial charge in [-0.15, -0.1) is 0 Å². The molecule has 0 saturated heterocycles. The van der Waals surface area contributed by atoms with Crippen LogP contribution in [0.25, 0.3) is 0 Å². The van der Waals surface area contributed by atoms with Crippen LogP contribution in [-0.4, -0.2) is 34.7 Å². The van der Waals surface area contributed by atoms with Gasteiger partial charge in [-0.2, -0.15) is 0 Å². The number of ketones is 6. The van der Waals surface area contributed by atoms with Gasteiger partial charge in [0.05, 0.1) is 25.7 Å². The third kappa shape index (κ3) is 9.76. The molecule has 0 unspecified atom stereocenters. The second kappa shape index (κ2) is 8.79. The summed E-state index contributed by atoms with van der Waals surface area (Å²) in [5.74, 6) is -2.93. The van der Waals surface area contributed by atoms with E-state index in [9.17, 15) is 28.8 Å². The molecule has 0 atom stereocenters. The van der Waals surface area contributed by atoms with Crippen LogP contribution in [0, 0.1) is 0 Å². The highest BCUT2D eigenvalue weighted by molar-refractivity contribution is 6.13. The molecule has 0 radical (unpaired) electrons. The lowest BCUT2D eigenvalue weighted by Gasteiger charge is -1.95. The molecule has 0 aromatic rings. The van der Waals surface area contributed by atoms with E-state index in [4.69, 9.17) is 0 Å². The third-order valence-corrected chi connectivity index (χ3v) is 2.09. The quantitative estimate of drug-likeness (QED) is 0.428. The topological polar surface area (TPSA) is 102 Å². The predicted molar refractivity (Wildman–Crippen MR) is 69.0 cm³/mol. The molecule has 0 aliphatic heterocycles. The fourth-order valence-corrected chi connectivity index (χ4v) is 1.37. The lowest BCUT2D eigenvalue weighted by atomic mass is 10.1. The van der Waals surface area contributed by atoms with Gasteiger partial charge in [0.15, 0.2) is 11.6 Å². The molecule has 0 fully saturated rings. The fourth-order valence-electron chi connectivity index (χ4n) is 1.37. The Bertz CT molecular complexity index is 440. The Kier molecular flexibility index (Phi) is 7.81. The van der Waals surface area contributed by atoms with Crippen LogP contribution in [0.3, 0.4) is 0 Å². The fraction of sp³-hybridized carbons (Fsp3) is 0.429. The van der Waals surface area contributed by atoms with Crippen LogP contribution in [0.15, 0.2) is 12.2 Å². The van der Waals surface area contributed by atoms with Crippen molar-refractivity contribution in [3.63, 3.8) is 0 Å². The Morgan fingerprint density at radius 3 is 1.15 bits per heavy atom. The van der Waals surface area contributed by atoms with Gasteiger partial charge in [-0.25, -0.2) is 0 Å². The Morgan fingerprint density at radius 2 is 0.900 bits per heavy atom. The van der Waals surface area contributed by atoms with Gasteiger partial charge in [0.2, 0.25) is 0 Å². The van der Waals surface area contributed by atoms with Crippen molar-refractivity contribution in [1.29, 1.82) is 0 Å². The molecule has 0 heterocycles. The van der Waals surface area contributed by atoms with Crippen molar-refractivity contribution >= 4 is 34.7 Å². The van der Waals surface area contributed by atoms with Crippen LogP contribution in [0.5, 0.6) is 0 Å². The average Bonchev–Trinajstić information content (AvgIpc) is 2.23. The molecule has 0 spiro atoms. The summed E-state index contributed by atoms with van der Waals surface area (Å²) < 4.78 is 0. The maximum Gasteiger partial charge on any atom is 0.163 e. The molecule has 6 nitrogen and oxygen atoms in total. The summed E-state index contributed by atoms with van der Waals surface area (Å²) >= 11 is 0. The highest BCUT2D eigenvalue weighted by Crippen LogP contribution is 1.97. The highest BCUT2D eigenvalue weighted by Gasteiger charge is 2.11. The number of carbonyl (C=O) groups excluding carboxylic acids is 6. The minimum Gasteiger partial charge on any atom is -0.300 e. The van der Waals surface area contributed by atoms with Crippen LogP contribution >= 0.6 is 0 Å². The monoisotopic (exact) mass is 280 g/mol. The minimum absolute atomic E-state index is 0.315. The maximum absolute atomic E-state index is 11.3. The molecule has 0 N–H and O–H groups in total. The van der Waals surface area contributed by atoms with Crippen molar-refractivity contribution in [3.8, 4) is 0 Å². The molecule has 20 heavy (non-hydrogen) atoms. The van der Waals surface area contributed by atoms with E-state index in [2.05, 4.69) is 0 Å². The standard InChI is InChI=1S/C14H16O6/c1-9(15)5-13(19)7-11(17)3-4-12(18)8-14(20)6-10(2)16/h3-4H,5-8H2,1-2H3/b4-3+. The van der Waals surface area contributed by atoms with Gasteiger partial charge in [0, 0.05) is 0 Å². The number of hydrogen-bond acceptors (Lipinski definition) is 6. The lowest BCUT2D eigenvalue weighted by Crippen LogP contribution is -2.11. The smallest absolute Gasteiger partial charge is 0.163 e. The molecular formula is C14H16O6. The van der Waals surface area contributed by atoms with Gasteiger partial charge in [0.25, 0.3) is 0 Å². The number of Topliss-reactive ketones (excluding diaryl/α,β-unsaturated/α-hetero) is 4. The molecule has 0 aromatic heterocycles. The summed E-state index contributed by atoms with van der Waals surface area (Å²) in [5.41, 5.74) is 0. The van der Waals surface area contributed by atoms with E-state index in [1.165, 1.54) is 13.8 Å². The van der Waals surface area contributed by atoms with Crippen molar-refractivity contribution in [2.45, 2.75) is 39.5 Å². The first kappa shape index (κ1) is 17.8. The molecule has 6 heteroatoms. The van der Waals surface area contributed by atoms with Crippen LogP contribution in [0.2, 0.25) is 0 Å². The lowest BCUT2D eigenvalue weighted by molar-refractivity contribution is -0.130. The van der Waals surface area contributed by atoms with E-state index in [1.807, 2.05) is 0 Å². The van der Waals surface area contributed by atoms with E-state index < -0.39 is 36.0 Å². The van der Waals surface area contributed by atoms with E-state index in [1.54, 1.807) is 0 Å². The number of rotatable bonds is 10. The number of carbonyl (C=O) groups is 6. The van der Waals surface area contributed by atoms with Crippen molar-refractivity contribution < 1.29 is 28.8 Å². The SMILES string of the molecule is CC(=O)CC(=O)CC(=O)/C=C/C(=O)CC(=O)CC(C)=O. The molecule has 0 rings (SSSR count). The molecule has 0 aliphatic rings. The second-order valence-electron chi connectivity index (χ2n) is 4.45. The zero-order valence-corrected chi connectivity index (χ0v) is 11.4. The first-order valence-corrected chi connectivity index (χ1v) is 5.96. The van der Waals surface area contributed by atoms with E-state index in [-0.39, 0.29) is 24.4 Å². The summed E-state index contributed by atoms with van der Waals surface area (Å²) in [6.45, 7) is 2.48. The zero-order chi connectivity index (χ0) is 15.7. The van der Waals surface area contributed by atoms with Crippen LogP contribution < -0.4 is 0 Å². The van der Waals surface area contributed by atoms with E-state index in [0.717, 1.165) is 12.2 Å². The molecule has 108 valence electrons. The van der Waals surface area contributed by atoms with Gasteiger partial charge < -0.3 is 0 Å². The Hall–Kier alpha value is -2.24. The summed E-state index contributed by atoms with van der Waals surface area (Å²) in [6, 6.07) is 0. The average molecular weight is 280 g/mol. The van der Waals surface area contributed by atoms with Crippen molar-refractivity contribution in [1.82, 2.24) is 0 Å². The molecule has 0 aromatic carbocycles. The zero-order valence-electron chi connectivity index (χ0n) is 11.4. The van der Waals surface area contributed by atoms with Gasteiger partial charge in [-0.1, -0.05) is 0 Å². The summed E-state index contributed by atoms with van der Waals surface area (Å²) in [5, 5.41) is 0. The van der Waals surface area contributed by atoms with Crippen molar-refractivity contribution in [3.05, 3.63) is 12.2 Å². The third-order valence-electron chi connectivity index (χ3n) is 2.09. The highest BCUT2D eigenvalue weighted by atomic mass is 16.2. The van der Waals surface area contributed by atoms with Crippen LogP contribution in [0.4, 0.5) is 0 Å². The number of allylic oxidation sites excluding steroid dienone is 2. The molecule has 0 aliphatic carbocycles. The molecule has 0 bridgehead atoms. The largest absolute Gasteiger partial charge is 0.300 e. The molecule has 0 amide bonds. The van der Waals surface area contributed by atoms with Crippen LogP contribution in [0.1, 0.15) is 39.5 Å². The maximum atomic E-state index is 11.3. The predicted octanol–water partition coefficient (Wildman–Crippen LogP) is 0.557. The van der Waals surface area contributed by atoms with Gasteiger partial charge in [-0.05, 0) is 26.0 Å². The first-order valence-electron chi connectivity index (χ1n) is 5.96. The normalized spacial score (nSPS) is 10.3. The molecule has 0 saturated carbocycles. The van der Waals surface area contributed by atoms with Crippen molar-refractivity contribution in [2.24, 2.45) is 0 Å². The first-order chi connectivity index (χ1) is 9.20. The second-order valence-corrected chi connectivity index (χ2v) is 4.45. The Labute approximate surface area is 116 Å². The van der Waals surface area contributed by atoms with Crippen molar-refractivity contribution in [2.75, 3.05) is 0 Å².